The standard InChI is InChI=1S/C19H21BrN2O3S2/c20-15-5-3-14(4-6-15)19(9-10-19)21-17(23)13-16-7-8-18(26-16)27(24,25)22-11-1-2-12-22/h3-8H,1-2,9-13H2,(H,21,23). The van der Waals surface area contributed by atoms with Gasteiger partial charge < -0.3 is 5.32 Å². The number of hydrogen-bond donors (Lipinski definition) is 1. The number of thiophene rings is 1. The number of rotatable bonds is 6. The zero-order valence-corrected chi connectivity index (χ0v) is 18.0. The first-order chi connectivity index (χ1) is 12.9. The molecule has 5 nitrogen and oxygen atoms in total. The first-order valence-electron chi connectivity index (χ1n) is 9.05. The van der Waals surface area contributed by atoms with Crippen LogP contribution in [0.1, 0.15) is 36.1 Å². The summed E-state index contributed by atoms with van der Waals surface area (Å²) in [4.78, 5) is 13.3. The molecule has 0 unspecified atom stereocenters. The molecule has 1 N–H and O–H groups in total. The summed E-state index contributed by atoms with van der Waals surface area (Å²) in [7, 11) is -3.41. The van der Waals surface area contributed by atoms with Crippen LogP contribution >= 0.6 is 27.3 Å². The number of carbonyl (C=O) groups excluding carboxylic acids is 1. The predicted octanol–water partition coefficient (Wildman–Crippen LogP) is 3.64. The Morgan fingerprint density at radius 1 is 1.11 bits per heavy atom. The third kappa shape index (κ3) is 3.99. The molecule has 144 valence electrons. The maximum Gasteiger partial charge on any atom is 0.252 e. The number of amides is 1. The van der Waals surface area contributed by atoms with E-state index >= 15 is 0 Å². The van der Waals surface area contributed by atoms with Crippen molar-refractivity contribution in [2.45, 2.75) is 41.9 Å². The molecule has 1 amide bonds. The summed E-state index contributed by atoms with van der Waals surface area (Å²) in [5.74, 6) is -0.0672. The highest BCUT2D eigenvalue weighted by Crippen LogP contribution is 2.45. The molecule has 1 aromatic heterocycles. The minimum absolute atomic E-state index is 0.0672. The molecule has 2 heterocycles. The average Bonchev–Trinajstić information content (AvgIpc) is 3.05. The highest BCUT2D eigenvalue weighted by Gasteiger charge is 2.45. The van der Waals surface area contributed by atoms with Gasteiger partial charge in [0.05, 0.1) is 12.0 Å². The Morgan fingerprint density at radius 2 is 1.78 bits per heavy atom. The molecule has 0 spiro atoms. The van der Waals surface area contributed by atoms with Crippen LogP contribution in [0.4, 0.5) is 0 Å². The van der Waals surface area contributed by atoms with Gasteiger partial charge in [0.25, 0.3) is 10.0 Å². The smallest absolute Gasteiger partial charge is 0.252 e. The number of hydrogen-bond acceptors (Lipinski definition) is 4. The molecule has 1 saturated heterocycles. The van der Waals surface area contributed by atoms with Gasteiger partial charge in [0.15, 0.2) is 0 Å². The van der Waals surface area contributed by atoms with Crippen LogP contribution in [0, 0.1) is 0 Å². The summed E-state index contributed by atoms with van der Waals surface area (Å²) in [5, 5.41) is 3.15. The van der Waals surface area contributed by atoms with Crippen molar-refractivity contribution in [1.29, 1.82) is 0 Å². The highest BCUT2D eigenvalue weighted by atomic mass is 79.9. The van der Waals surface area contributed by atoms with Gasteiger partial charge in [-0.2, -0.15) is 4.31 Å². The molecule has 2 fully saturated rings. The Kier molecular flexibility index (Phi) is 5.18. The number of carbonyl (C=O) groups is 1. The molecule has 0 bridgehead atoms. The van der Waals surface area contributed by atoms with E-state index in [4.69, 9.17) is 0 Å². The lowest BCUT2D eigenvalue weighted by molar-refractivity contribution is -0.121. The fraction of sp³-hybridized carbons (Fsp3) is 0.421. The van der Waals surface area contributed by atoms with Gasteiger partial charge in [-0.1, -0.05) is 28.1 Å². The Hall–Kier alpha value is -1.22. The van der Waals surface area contributed by atoms with Crippen molar-refractivity contribution in [1.82, 2.24) is 9.62 Å². The number of nitrogens with one attached hydrogen (secondary N) is 1. The number of halogens is 1. The Labute approximate surface area is 172 Å². The number of nitrogens with zero attached hydrogens (tertiary/aromatic N) is 1. The summed E-state index contributed by atoms with van der Waals surface area (Å²) < 4.78 is 28.1. The maximum absolute atomic E-state index is 12.6. The zero-order chi connectivity index (χ0) is 19.1. The summed E-state index contributed by atoms with van der Waals surface area (Å²) in [6.45, 7) is 1.18. The molecule has 1 aromatic carbocycles. The molecule has 2 aliphatic rings. The van der Waals surface area contributed by atoms with Crippen molar-refractivity contribution in [3.63, 3.8) is 0 Å². The molecular formula is C19H21BrN2O3S2. The minimum Gasteiger partial charge on any atom is -0.346 e. The van der Waals surface area contributed by atoms with Gasteiger partial charge in [-0.15, -0.1) is 11.3 Å². The maximum atomic E-state index is 12.6. The zero-order valence-electron chi connectivity index (χ0n) is 14.8. The van der Waals surface area contributed by atoms with Crippen LogP contribution < -0.4 is 5.32 Å². The van der Waals surface area contributed by atoms with Crippen molar-refractivity contribution in [2.24, 2.45) is 0 Å². The summed E-state index contributed by atoms with van der Waals surface area (Å²) in [5.41, 5.74) is 0.849. The predicted molar refractivity (Wildman–Crippen MR) is 109 cm³/mol. The second-order valence-electron chi connectivity index (χ2n) is 7.15. The van der Waals surface area contributed by atoms with Crippen LogP contribution in [0.2, 0.25) is 0 Å². The van der Waals surface area contributed by atoms with Crippen molar-refractivity contribution in [3.8, 4) is 0 Å². The van der Waals surface area contributed by atoms with Crippen LogP contribution in [0.15, 0.2) is 45.1 Å². The van der Waals surface area contributed by atoms with Crippen LogP contribution in [0.25, 0.3) is 0 Å². The quantitative estimate of drug-likeness (QED) is 0.703. The number of sulfonamides is 1. The molecule has 4 rings (SSSR count). The van der Waals surface area contributed by atoms with Crippen molar-refractivity contribution >= 4 is 43.2 Å². The monoisotopic (exact) mass is 468 g/mol. The molecule has 1 saturated carbocycles. The molecule has 2 aromatic rings. The highest BCUT2D eigenvalue weighted by molar-refractivity contribution is 9.10. The van der Waals surface area contributed by atoms with Gasteiger partial charge in [-0.05, 0) is 55.5 Å². The first-order valence-corrected chi connectivity index (χ1v) is 12.1. The van der Waals surface area contributed by atoms with E-state index < -0.39 is 10.0 Å². The van der Waals surface area contributed by atoms with E-state index in [1.54, 1.807) is 12.1 Å². The Bertz CT molecular complexity index is 944. The second-order valence-corrected chi connectivity index (χ2v) is 11.4. The molecule has 27 heavy (non-hydrogen) atoms. The molecule has 8 heteroatoms. The molecule has 1 aliphatic heterocycles. The van der Waals surface area contributed by atoms with E-state index in [1.165, 1.54) is 15.6 Å². The Morgan fingerprint density at radius 3 is 2.41 bits per heavy atom. The normalized spacial score (nSPS) is 19.1. The van der Waals surface area contributed by atoms with Crippen molar-refractivity contribution in [3.05, 3.63) is 51.3 Å². The van der Waals surface area contributed by atoms with E-state index in [2.05, 4.69) is 21.2 Å². The van der Waals surface area contributed by atoms with Crippen LogP contribution in [-0.4, -0.2) is 31.7 Å². The van der Waals surface area contributed by atoms with E-state index in [-0.39, 0.29) is 17.9 Å². The Balaban J connectivity index is 1.42. The van der Waals surface area contributed by atoms with Gasteiger partial charge >= 0.3 is 0 Å². The van der Waals surface area contributed by atoms with Gasteiger partial charge in [-0.3, -0.25) is 4.79 Å². The van der Waals surface area contributed by atoms with Gasteiger partial charge in [0.2, 0.25) is 5.91 Å². The molecule has 1 aliphatic carbocycles. The SMILES string of the molecule is O=C(Cc1ccc(S(=O)(=O)N2CCCC2)s1)NC1(c2ccc(Br)cc2)CC1. The fourth-order valence-electron chi connectivity index (χ4n) is 3.50. The summed E-state index contributed by atoms with van der Waals surface area (Å²) >= 11 is 4.63. The van der Waals surface area contributed by atoms with Crippen molar-refractivity contribution < 1.29 is 13.2 Å². The van der Waals surface area contributed by atoms with Crippen molar-refractivity contribution in [2.75, 3.05) is 13.1 Å². The third-order valence-corrected chi connectivity index (χ3v) is 9.14. The molecule has 0 atom stereocenters. The number of benzene rings is 1. The van der Waals surface area contributed by atoms with Crippen LogP contribution in [0.3, 0.4) is 0 Å². The fourth-order valence-corrected chi connectivity index (χ4v) is 6.79. The lowest BCUT2D eigenvalue weighted by Gasteiger charge is -2.18. The largest absolute Gasteiger partial charge is 0.346 e. The summed E-state index contributed by atoms with van der Waals surface area (Å²) in [6.07, 6.45) is 3.90. The lowest BCUT2D eigenvalue weighted by atomic mass is 10.0. The third-order valence-electron chi connectivity index (χ3n) is 5.16. The van der Waals surface area contributed by atoms with E-state index in [1.807, 2.05) is 24.3 Å². The molecule has 0 radical (unpaired) electrons. The van der Waals surface area contributed by atoms with E-state index in [0.717, 1.165) is 40.6 Å². The van der Waals surface area contributed by atoms with Gasteiger partial charge in [0.1, 0.15) is 4.21 Å². The lowest BCUT2D eigenvalue weighted by Crippen LogP contribution is -2.35. The van der Waals surface area contributed by atoms with Gasteiger partial charge in [0, 0.05) is 22.4 Å². The second kappa shape index (κ2) is 7.31. The summed E-state index contributed by atoms with van der Waals surface area (Å²) in [6, 6.07) is 11.4. The first kappa shape index (κ1) is 19.1. The van der Waals surface area contributed by atoms with E-state index in [0.29, 0.717) is 17.3 Å². The van der Waals surface area contributed by atoms with Crippen LogP contribution in [0.5, 0.6) is 0 Å². The molecular weight excluding hydrogens is 448 g/mol. The van der Waals surface area contributed by atoms with E-state index in [9.17, 15) is 13.2 Å². The topological polar surface area (TPSA) is 66.5 Å². The van der Waals surface area contributed by atoms with Gasteiger partial charge in [-0.25, -0.2) is 8.42 Å². The van der Waals surface area contributed by atoms with Crippen LogP contribution in [-0.2, 0) is 26.8 Å². The average molecular weight is 469 g/mol. The minimum atomic E-state index is -3.41.